The standard InChI is InChI=1S/C25H29N5O2/c26-14-21(15-27)24-11-12-28-16-20(24)8-10-25(32)29-22-5-3-4-19(7-9-22)17-30-13-2-1-6-23(31)18-30/h4,7-12,14-16,22-23,26,31H,1-2,6,13,17-18,27H2,(H,29,32)/b10-8+,21-15+,26-14?. The molecule has 0 spiro atoms. The summed E-state index contributed by atoms with van der Waals surface area (Å²) in [6.45, 7) is 2.38. The third-order valence-electron chi connectivity index (χ3n) is 5.35. The van der Waals surface area contributed by atoms with E-state index in [1.54, 1.807) is 24.5 Å². The van der Waals surface area contributed by atoms with Crippen molar-refractivity contribution in [1.82, 2.24) is 15.2 Å². The van der Waals surface area contributed by atoms with Gasteiger partial charge in [-0.05, 0) is 61.2 Å². The van der Waals surface area contributed by atoms with Crippen molar-refractivity contribution in [1.29, 1.82) is 5.41 Å². The van der Waals surface area contributed by atoms with Gasteiger partial charge < -0.3 is 21.6 Å². The fraction of sp³-hybridized carbons (Fsp3) is 0.320. The van der Waals surface area contributed by atoms with Crippen molar-refractivity contribution in [3.63, 3.8) is 0 Å². The van der Waals surface area contributed by atoms with Crippen LogP contribution < -0.4 is 11.1 Å². The molecular formula is C25H29N5O2. The van der Waals surface area contributed by atoms with Gasteiger partial charge in [-0.1, -0.05) is 17.9 Å². The molecule has 1 aromatic rings. The molecule has 1 aliphatic carbocycles. The highest BCUT2D eigenvalue weighted by Crippen LogP contribution is 2.17. The minimum Gasteiger partial charge on any atom is -0.404 e. The van der Waals surface area contributed by atoms with E-state index in [0.29, 0.717) is 17.7 Å². The number of aromatic nitrogens is 1. The lowest BCUT2D eigenvalue weighted by Crippen LogP contribution is -2.32. The van der Waals surface area contributed by atoms with Gasteiger partial charge in [0.25, 0.3) is 0 Å². The predicted molar refractivity (Wildman–Crippen MR) is 127 cm³/mol. The van der Waals surface area contributed by atoms with Crippen LogP contribution in [0.5, 0.6) is 0 Å². The Bertz CT molecular complexity index is 1010. The van der Waals surface area contributed by atoms with E-state index in [-0.39, 0.29) is 12.0 Å². The fourth-order valence-corrected chi connectivity index (χ4v) is 3.71. The number of rotatable bonds is 7. The van der Waals surface area contributed by atoms with Gasteiger partial charge in [0.15, 0.2) is 0 Å². The first-order chi connectivity index (χ1) is 15.6. The maximum Gasteiger partial charge on any atom is 0.245 e. The third-order valence-corrected chi connectivity index (χ3v) is 5.35. The van der Waals surface area contributed by atoms with E-state index in [2.05, 4.69) is 27.0 Å². The molecule has 0 aromatic carbocycles. The van der Waals surface area contributed by atoms with E-state index in [9.17, 15) is 9.90 Å². The van der Waals surface area contributed by atoms with E-state index in [1.165, 1.54) is 12.3 Å². The molecular weight excluding hydrogens is 402 g/mol. The highest BCUT2D eigenvalue weighted by Gasteiger charge is 2.16. The summed E-state index contributed by atoms with van der Waals surface area (Å²) >= 11 is 0. The Balaban J connectivity index is 1.58. The lowest BCUT2D eigenvalue weighted by atomic mass is 10.0. The molecule has 0 bridgehead atoms. The maximum atomic E-state index is 12.4. The molecule has 3 rings (SSSR count). The number of aliphatic hydroxyl groups excluding tert-OH is 1. The minimum atomic E-state index is -0.398. The first-order valence-electron chi connectivity index (χ1n) is 10.7. The van der Waals surface area contributed by atoms with Crippen LogP contribution in [0, 0.1) is 17.3 Å². The molecule has 1 fully saturated rings. The van der Waals surface area contributed by atoms with E-state index in [0.717, 1.165) is 49.7 Å². The summed E-state index contributed by atoms with van der Waals surface area (Å²) in [4.78, 5) is 18.8. The van der Waals surface area contributed by atoms with Crippen molar-refractivity contribution in [3.05, 3.63) is 65.7 Å². The van der Waals surface area contributed by atoms with Crippen LogP contribution in [-0.4, -0.2) is 58.9 Å². The number of carbonyl (C=O) groups is 1. The van der Waals surface area contributed by atoms with Crippen LogP contribution in [0.25, 0.3) is 11.6 Å². The number of nitrogens with zero attached hydrogens (tertiary/aromatic N) is 2. The summed E-state index contributed by atoms with van der Waals surface area (Å²) in [5.41, 5.74) is 8.60. The van der Waals surface area contributed by atoms with Crippen LogP contribution in [-0.2, 0) is 4.79 Å². The number of carbonyl (C=O) groups excluding carboxylic acids is 1. The zero-order chi connectivity index (χ0) is 22.8. The van der Waals surface area contributed by atoms with Crippen LogP contribution in [0.1, 0.15) is 30.4 Å². The van der Waals surface area contributed by atoms with E-state index < -0.39 is 6.04 Å². The molecule has 2 atom stereocenters. The molecule has 166 valence electrons. The Kier molecular flexibility index (Phi) is 8.55. The lowest BCUT2D eigenvalue weighted by Gasteiger charge is -2.22. The Morgan fingerprint density at radius 3 is 3.12 bits per heavy atom. The Labute approximate surface area is 188 Å². The van der Waals surface area contributed by atoms with Gasteiger partial charge in [-0.25, -0.2) is 0 Å². The average Bonchev–Trinajstić information content (AvgIpc) is 3.14. The van der Waals surface area contributed by atoms with Crippen LogP contribution in [0.15, 0.2) is 54.5 Å². The molecule has 1 aliphatic heterocycles. The van der Waals surface area contributed by atoms with E-state index >= 15 is 0 Å². The molecule has 0 radical (unpaired) electrons. The number of β-amino-alcohol motifs (C(OH)–C–C–N with tert-alkyl or cyclic N) is 1. The van der Waals surface area contributed by atoms with Crippen molar-refractivity contribution >= 4 is 23.8 Å². The zero-order valence-corrected chi connectivity index (χ0v) is 18.0. The molecule has 1 aromatic heterocycles. The summed E-state index contributed by atoms with van der Waals surface area (Å²) in [5, 5.41) is 20.4. The van der Waals surface area contributed by atoms with E-state index in [1.807, 2.05) is 18.2 Å². The van der Waals surface area contributed by atoms with Crippen LogP contribution in [0.4, 0.5) is 0 Å². The van der Waals surface area contributed by atoms with Gasteiger partial charge in [0, 0.05) is 55.1 Å². The first kappa shape index (κ1) is 23.2. The molecule has 1 saturated heterocycles. The molecule has 2 unspecified atom stereocenters. The Morgan fingerprint density at radius 2 is 2.31 bits per heavy atom. The van der Waals surface area contributed by atoms with Gasteiger partial charge in [-0.2, -0.15) is 0 Å². The number of likely N-dealkylation sites (tertiary alicyclic amines) is 1. The summed E-state index contributed by atoms with van der Waals surface area (Å²) in [6, 6.07) is 1.35. The Morgan fingerprint density at radius 1 is 1.44 bits per heavy atom. The van der Waals surface area contributed by atoms with Crippen LogP contribution in [0.3, 0.4) is 0 Å². The number of hydrogen-bond donors (Lipinski definition) is 4. The van der Waals surface area contributed by atoms with Crippen LogP contribution in [0.2, 0.25) is 0 Å². The third kappa shape index (κ3) is 6.77. The van der Waals surface area contributed by atoms with Crippen molar-refractivity contribution in [3.8, 4) is 11.8 Å². The first-order valence-corrected chi connectivity index (χ1v) is 10.7. The monoisotopic (exact) mass is 431 g/mol. The maximum absolute atomic E-state index is 12.4. The smallest absolute Gasteiger partial charge is 0.245 e. The van der Waals surface area contributed by atoms with Gasteiger partial charge in [0.05, 0.1) is 6.10 Å². The fourth-order valence-electron chi connectivity index (χ4n) is 3.71. The second-order valence-corrected chi connectivity index (χ2v) is 7.80. The summed E-state index contributed by atoms with van der Waals surface area (Å²) in [7, 11) is 0. The average molecular weight is 432 g/mol. The van der Waals surface area contributed by atoms with Crippen molar-refractivity contribution in [2.75, 3.05) is 19.6 Å². The number of aliphatic hydroxyl groups is 1. The molecule has 32 heavy (non-hydrogen) atoms. The topological polar surface area (TPSA) is 115 Å². The second-order valence-electron chi connectivity index (χ2n) is 7.80. The summed E-state index contributed by atoms with van der Waals surface area (Å²) in [5.74, 6) is 5.77. The largest absolute Gasteiger partial charge is 0.404 e. The van der Waals surface area contributed by atoms with Crippen molar-refractivity contribution in [2.24, 2.45) is 5.73 Å². The SMILES string of the molecule is N=C/C(=C\N)c1ccncc1/C=C/C(=O)NC1C#CC=C(CN2CCCCC(O)C2)C=C1. The molecule has 7 heteroatoms. The number of nitrogens with one attached hydrogen (secondary N) is 2. The van der Waals surface area contributed by atoms with Gasteiger partial charge in [-0.15, -0.1) is 0 Å². The Hall–Kier alpha value is -3.47. The molecule has 2 heterocycles. The highest BCUT2D eigenvalue weighted by atomic mass is 16.3. The molecule has 7 nitrogen and oxygen atoms in total. The normalized spacial score (nSPS) is 21.8. The molecule has 1 amide bonds. The van der Waals surface area contributed by atoms with Gasteiger partial charge in [0.1, 0.15) is 6.04 Å². The van der Waals surface area contributed by atoms with Gasteiger partial charge in [0.2, 0.25) is 5.91 Å². The van der Waals surface area contributed by atoms with E-state index in [4.69, 9.17) is 11.1 Å². The summed E-state index contributed by atoms with van der Waals surface area (Å²) < 4.78 is 0. The van der Waals surface area contributed by atoms with Gasteiger partial charge in [-0.3, -0.25) is 14.7 Å². The predicted octanol–water partition coefficient (Wildman–Crippen LogP) is 1.88. The number of pyridine rings is 1. The van der Waals surface area contributed by atoms with Crippen molar-refractivity contribution < 1.29 is 9.90 Å². The van der Waals surface area contributed by atoms with Crippen LogP contribution >= 0.6 is 0 Å². The number of amides is 1. The molecule has 0 saturated carbocycles. The number of allylic oxidation sites excluding steroid dienone is 2. The summed E-state index contributed by atoms with van der Waals surface area (Å²) in [6.07, 6.45) is 17.3. The zero-order valence-electron chi connectivity index (χ0n) is 18.0. The molecule has 2 aliphatic rings. The van der Waals surface area contributed by atoms with Crippen molar-refractivity contribution in [2.45, 2.75) is 31.4 Å². The minimum absolute atomic E-state index is 0.270. The molecule has 5 N–H and O–H groups in total. The number of hydrogen-bond acceptors (Lipinski definition) is 6. The highest BCUT2D eigenvalue weighted by molar-refractivity contribution is 6.09. The lowest BCUT2D eigenvalue weighted by molar-refractivity contribution is -0.116. The quantitative estimate of drug-likeness (QED) is 0.299. The second kappa shape index (κ2) is 11.8. The number of nitrogens with two attached hydrogens (primary N) is 1. The van der Waals surface area contributed by atoms with Gasteiger partial charge >= 0.3 is 0 Å².